The molecule has 0 aromatic carbocycles. The maximum Gasteiger partial charge on any atom is 0.137 e. The van der Waals surface area contributed by atoms with Gasteiger partial charge in [-0.1, -0.05) is 13.8 Å². The normalized spacial score (nSPS) is 9.94. The number of fused-ring (bicyclic) bond motifs is 1. The van der Waals surface area contributed by atoms with Gasteiger partial charge in [0.2, 0.25) is 0 Å². The molecule has 0 spiro atoms. The van der Waals surface area contributed by atoms with Crippen molar-refractivity contribution in [3.8, 4) is 11.1 Å². The first-order valence-corrected chi connectivity index (χ1v) is 6.05. The average molecular weight is 240 g/mol. The fraction of sp³-hybridized carbons (Fsp3) is 0.214. The van der Waals surface area contributed by atoms with Crippen LogP contribution in [0.25, 0.3) is 22.2 Å². The summed E-state index contributed by atoms with van der Waals surface area (Å²) in [6.45, 7) is 5.97. The van der Waals surface area contributed by atoms with E-state index in [2.05, 4.69) is 26.0 Å². The van der Waals surface area contributed by atoms with E-state index in [1.807, 2.05) is 45.4 Å². The summed E-state index contributed by atoms with van der Waals surface area (Å²) in [4.78, 5) is 15.6. The van der Waals surface area contributed by atoms with Crippen molar-refractivity contribution in [2.24, 2.45) is 0 Å². The first-order chi connectivity index (χ1) is 8.84. The molecule has 0 radical (unpaired) electrons. The van der Waals surface area contributed by atoms with Crippen molar-refractivity contribution < 1.29 is 0 Å². The third kappa shape index (κ3) is 2.22. The first-order valence-electron chi connectivity index (χ1n) is 6.05. The second-order valence-electron chi connectivity index (χ2n) is 3.66. The molecule has 1 N–H and O–H groups in total. The van der Waals surface area contributed by atoms with Gasteiger partial charge in [-0.25, -0.2) is 15.0 Å². The number of nitrogens with one attached hydrogen (secondary N) is 1. The summed E-state index contributed by atoms with van der Waals surface area (Å²) in [6, 6.07) is 4.09. The Labute approximate surface area is 106 Å². The molecule has 0 atom stereocenters. The van der Waals surface area contributed by atoms with Crippen molar-refractivity contribution >= 4 is 11.0 Å². The molecule has 3 heterocycles. The topological polar surface area (TPSA) is 54.5 Å². The van der Waals surface area contributed by atoms with E-state index in [0.717, 1.165) is 27.9 Å². The summed E-state index contributed by atoms with van der Waals surface area (Å²) >= 11 is 0. The third-order valence-electron chi connectivity index (χ3n) is 2.62. The summed E-state index contributed by atoms with van der Waals surface area (Å²) < 4.78 is 0. The Balaban J connectivity index is 0.000000574. The van der Waals surface area contributed by atoms with Gasteiger partial charge in [-0.05, 0) is 19.1 Å². The summed E-state index contributed by atoms with van der Waals surface area (Å²) in [5, 5.41) is 1.10. The molecule has 4 heteroatoms. The van der Waals surface area contributed by atoms with Gasteiger partial charge in [0.15, 0.2) is 0 Å². The minimum absolute atomic E-state index is 0.901. The second kappa shape index (κ2) is 5.40. The molecule has 0 amide bonds. The third-order valence-corrected chi connectivity index (χ3v) is 2.62. The Morgan fingerprint density at radius 1 is 1.11 bits per heavy atom. The molecular weight excluding hydrogens is 224 g/mol. The molecule has 0 unspecified atom stereocenters. The van der Waals surface area contributed by atoms with E-state index < -0.39 is 0 Å². The SMILES string of the molecule is CC.Cc1ncncc1-c1cnc2[nH]ccc2c1. The number of hydrogen-bond acceptors (Lipinski definition) is 3. The van der Waals surface area contributed by atoms with Crippen LogP contribution in [0.4, 0.5) is 0 Å². The Hall–Kier alpha value is -2.23. The Bertz CT molecular complexity index is 643. The first kappa shape index (κ1) is 12.2. The minimum Gasteiger partial charge on any atom is -0.346 e. The van der Waals surface area contributed by atoms with E-state index in [4.69, 9.17) is 0 Å². The van der Waals surface area contributed by atoms with Gasteiger partial charge in [0.1, 0.15) is 12.0 Å². The van der Waals surface area contributed by atoms with Crippen molar-refractivity contribution in [2.75, 3.05) is 0 Å². The zero-order valence-corrected chi connectivity index (χ0v) is 10.8. The van der Waals surface area contributed by atoms with Crippen LogP contribution < -0.4 is 0 Å². The van der Waals surface area contributed by atoms with E-state index >= 15 is 0 Å². The predicted molar refractivity (Wildman–Crippen MR) is 73.2 cm³/mol. The molecular formula is C14H16N4. The Morgan fingerprint density at radius 2 is 1.94 bits per heavy atom. The van der Waals surface area contributed by atoms with E-state index in [9.17, 15) is 0 Å². The molecule has 0 aliphatic heterocycles. The van der Waals surface area contributed by atoms with E-state index in [0.29, 0.717) is 0 Å². The van der Waals surface area contributed by atoms with Gasteiger partial charge in [0.05, 0.1) is 0 Å². The van der Waals surface area contributed by atoms with Crippen LogP contribution in [0, 0.1) is 6.92 Å². The molecule has 92 valence electrons. The van der Waals surface area contributed by atoms with Gasteiger partial charge < -0.3 is 4.98 Å². The van der Waals surface area contributed by atoms with Crippen LogP contribution in [-0.2, 0) is 0 Å². The van der Waals surface area contributed by atoms with Crippen LogP contribution in [0.2, 0.25) is 0 Å². The van der Waals surface area contributed by atoms with Crippen LogP contribution in [0.1, 0.15) is 19.5 Å². The van der Waals surface area contributed by atoms with Gasteiger partial charge in [0, 0.05) is 40.8 Å². The Kier molecular flexibility index (Phi) is 3.67. The molecule has 0 saturated heterocycles. The van der Waals surface area contributed by atoms with Crippen LogP contribution in [0.15, 0.2) is 37.1 Å². The number of aromatic nitrogens is 4. The number of aryl methyl sites for hydroxylation is 1. The molecule has 3 rings (SSSR count). The molecule has 0 aliphatic rings. The lowest BCUT2D eigenvalue weighted by Gasteiger charge is -2.03. The van der Waals surface area contributed by atoms with Crippen LogP contribution >= 0.6 is 0 Å². The number of H-pyrrole nitrogens is 1. The van der Waals surface area contributed by atoms with Crippen molar-refractivity contribution in [1.29, 1.82) is 0 Å². The maximum absolute atomic E-state index is 4.35. The van der Waals surface area contributed by atoms with Crippen molar-refractivity contribution in [3.05, 3.63) is 42.7 Å². The summed E-state index contributed by atoms with van der Waals surface area (Å²) in [6.07, 6.45) is 7.10. The number of nitrogens with zero attached hydrogens (tertiary/aromatic N) is 3. The molecule has 18 heavy (non-hydrogen) atoms. The molecule has 0 aliphatic carbocycles. The van der Waals surface area contributed by atoms with Crippen molar-refractivity contribution in [1.82, 2.24) is 19.9 Å². The minimum atomic E-state index is 0.901. The summed E-state index contributed by atoms with van der Waals surface area (Å²) in [5.74, 6) is 0. The molecule has 3 aromatic heterocycles. The fourth-order valence-electron chi connectivity index (χ4n) is 1.76. The number of pyridine rings is 1. The smallest absolute Gasteiger partial charge is 0.137 e. The van der Waals surface area contributed by atoms with Gasteiger partial charge in [-0.2, -0.15) is 0 Å². The fourth-order valence-corrected chi connectivity index (χ4v) is 1.76. The highest BCUT2D eigenvalue weighted by molar-refractivity contribution is 5.81. The quantitative estimate of drug-likeness (QED) is 0.709. The number of aromatic amines is 1. The summed E-state index contributed by atoms with van der Waals surface area (Å²) in [7, 11) is 0. The largest absolute Gasteiger partial charge is 0.346 e. The number of rotatable bonds is 1. The highest BCUT2D eigenvalue weighted by atomic mass is 14.8. The van der Waals surface area contributed by atoms with Crippen LogP contribution in [0.5, 0.6) is 0 Å². The van der Waals surface area contributed by atoms with Gasteiger partial charge in [-0.15, -0.1) is 0 Å². The van der Waals surface area contributed by atoms with Gasteiger partial charge >= 0.3 is 0 Å². The highest BCUT2D eigenvalue weighted by Crippen LogP contribution is 2.23. The molecule has 0 bridgehead atoms. The predicted octanol–water partition coefficient (Wildman–Crippen LogP) is 3.35. The van der Waals surface area contributed by atoms with Crippen molar-refractivity contribution in [3.63, 3.8) is 0 Å². The lowest BCUT2D eigenvalue weighted by Crippen LogP contribution is -1.89. The van der Waals surface area contributed by atoms with Crippen LogP contribution in [-0.4, -0.2) is 19.9 Å². The van der Waals surface area contributed by atoms with Gasteiger partial charge in [0.25, 0.3) is 0 Å². The zero-order valence-electron chi connectivity index (χ0n) is 10.8. The second-order valence-corrected chi connectivity index (χ2v) is 3.66. The lowest BCUT2D eigenvalue weighted by molar-refractivity contribution is 1.10. The van der Waals surface area contributed by atoms with E-state index in [1.165, 1.54) is 0 Å². The zero-order chi connectivity index (χ0) is 13.0. The maximum atomic E-state index is 4.35. The lowest BCUT2D eigenvalue weighted by atomic mass is 10.1. The monoisotopic (exact) mass is 240 g/mol. The summed E-state index contributed by atoms with van der Waals surface area (Å²) in [5.41, 5.74) is 3.94. The number of hydrogen-bond donors (Lipinski definition) is 1. The van der Waals surface area contributed by atoms with E-state index in [-0.39, 0.29) is 0 Å². The molecule has 3 aromatic rings. The van der Waals surface area contributed by atoms with E-state index in [1.54, 1.807) is 6.33 Å². The highest BCUT2D eigenvalue weighted by Gasteiger charge is 2.04. The molecule has 0 fully saturated rings. The van der Waals surface area contributed by atoms with Gasteiger partial charge in [-0.3, -0.25) is 0 Å². The van der Waals surface area contributed by atoms with Crippen molar-refractivity contribution in [2.45, 2.75) is 20.8 Å². The molecule has 0 saturated carbocycles. The van der Waals surface area contributed by atoms with Crippen LogP contribution in [0.3, 0.4) is 0 Å². The average Bonchev–Trinajstić information content (AvgIpc) is 2.89. The standard InChI is InChI=1S/C12H10N4.C2H6/c1-8-11(6-13-7-16-8)10-4-9-2-3-14-12(9)15-5-10;1-2/h2-7H,1H3,(H,14,15);1-2H3. The molecule has 4 nitrogen and oxygen atoms in total. The Morgan fingerprint density at radius 3 is 2.72 bits per heavy atom.